The number of amides is 1. The fourth-order valence-corrected chi connectivity index (χ4v) is 2.03. The molecular formula is C12H18N4O2. The molecule has 0 saturated carbocycles. The summed E-state index contributed by atoms with van der Waals surface area (Å²) in [5.74, 6) is 1.14. The molecule has 2 N–H and O–H groups in total. The lowest BCUT2D eigenvalue weighted by molar-refractivity contribution is -0.117. The molecule has 1 fully saturated rings. The summed E-state index contributed by atoms with van der Waals surface area (Å²) in [6, 6.07) is 1.72. The number of hydrogen-bond donors (Lipinski definition) is 2. The molecule has 2 rings (SSSR count). The third kappa shape index (κ3) is 3.40. The highest BCUT2D eigenvalue weighted by atomic mass is 16.5. The van der Waals surface area contributed by atoms with Crippen LogP contribution in [-0.2, 0) is 4.79 Å². The zero-order valence-electron chi connectivity index (χ0n) is 10.7. The van der Waals surface area contributed by atoms with E-state index in [1.54, 1.807) is 6.07 Å². The van der Waals surface area contributed by atoms with Gasteiger partial charge < -0.3 is 10.1 Å². The number of anilines is 1. The fourth-order valence-electron chi connectivity index (χ4n) is 2.03. The minimum atomic E-state index is -0.0450. The van der Waals surface area contributed by atoms with Gasteiger partial charge >= 0.3 is 0 Å². The molecule has 1 atom stereocenters. The van der Waals surface area contributed by atoms with E-state index in [9.17, 15) is 4.79 Å². The lowest BCUT2D eigenvalue weighted by Gasteiger charge is -2.09. The number of aromatic nitrogens is 2. The van der Waals surface area contributed by atoms with Crippen LogP contribution in [-0.4, -0.2) is 36.1 Å². The molecule has 1 aliphatic rings. The summed E-state index contributed by atoms with van der Waals surface area (Å²) in [4.78, 5) is 20.1. The summed E-state index contributed by atoms with van der Waals surface area (Å²) in [7, 11) is 1.54. The highest BCUT2D eigenvalue weighted by molar-refractivity contribution is 5.89. The maximum atomic E-state index is 11.8. The summed E-state index contributed by atoms with van der Waals surface area (Å²) >= 11 is 0. The van der Waals surface area contributed by atoms with Crippen molar-refractivity contribution in [2.24, 2.45) is 5.92 Å². The normalized spacial score (nSPS) is 18.7. The molecule has 1 amide bonds. The van der Waals surface area contributed by atoms with Crippen LogP contribution in [0.3, 0.4) is 0 Å². The van der Waals surface area contributed by atoms with Crippen LogP contribution in [0.15, 0.2) is 6.07 Å². The van der Waals surface area contributed by atoms with Gasteiger partial charge in [0.15, 0.2) is 0 Å². The summed E-state index contributed by atoms with van der Waals surface area (Å²) in [6.45, 7) is 3.73. The number of aryl methyl sites for hydroxylation is 1. The Kier molecular flexibility index (Phi) is 4.09. The monoisotopic (exact) mass is 250 g/mol. The number of ether oxygens (including phenoxy) is 1. The highest BCUT2D eigenvalue weighted by Gasteiger charge is 2.18. The van der Waals surface area contributed by atoms with Gasteiger partial charge in [-0.2, -0.15) is 4.98 Å². The van der Waals surface area contributed by atoms with Crippen LogP contribution in [0, 0.1) is 12.8 Å². The molecule has 2 heterocycles. The zero-order chi connectivity index (χ0) is 13.0. The molecule has 0 aliphatic carbocycles. The molecule has 1 saturated heterocycles. The van der Waals surface area contributed by atoms with Gasteiger partial charge in [0, 0.05) is 18.2 Å². The van der Waals surface area contributed by atoms with Gasteiger partial charge in [0.1, 0.15) is 0 Å². The summed E-state index contributed by atoms with van der Waals surface area (Å²) in [6.07, 6.45) is 1.55. The van der Waals surface area contributed by atoms with Crippen LogP contribution in [0.5, 0.6) is 5.88 Å². The Morgan fingerprint density at radius 3 is 3.11 bits per heavy atom. The first-order valence-electron chi connectivity index (χ1n) is 6.07. The number of carbonyl (C=O) groups excluding carboxylic acids is 1. The van der Waals surface area contributed by atoms with E-state index in [0.29, 0.717) is 24.2 Å². The first kappa shape index (κ1) is 12.8. The van der Waals surface area contributed by atoms with Gasteiger partial charge in [-0.3, -0.25) is 10.1 Å². The number of rotatable bonds is 4. The predicted octanol–water partition coefficient (Wildman–Crippen LogP) is 0.732. The highest BCUT2D eigenvalue weighted by Crippen LogP contribution is 2.15. The van der Waals surface area contributed by atoms with Crippen LogP contribution in [0.25, 0.3) is 0 Å². The number of carbonyl (C=O) groups is 1. The maximum absolute atomic E-state index is 11.8. The molecule has 98 valence electrons. The molecule has 6 nitrogen and oxygen atoms in total. The van der Waals surface area contributed by atoms with Crippen LogP contribution < -0.4 is 15.4 Å². The zero-order valence-corrected chi connectivity index (χ0v) is 10.7. The SMILES string of the molecule is COc1cc(C)nc(NC(=O)CC2CCNC2)n1. The molecule has 1 unspecified atom stereocenters. The van der Waals surface area contributed by atoms with Crippen molar-refractivity contribution in [2.75, 3.05) is 25.5 Å². The average Bonchev–Trinajstić information content (AvgIpc) is 2.80. The van der Waals surface area contributed by atoms with Gasteiger partial charge in [-0.05, 0) is 32.4 Å². The van der Waals surface area contributed by atoms with Crippen LogP contribution in [0.1, 0.15) is 18.5 Å². The molecule has 0 radical (unpaired) electrons. The second-order valence-corrected chi connectivity index (χ2v) is 4.49. The first-order valence-corrected chi connectivity index (χ1v) is 6.07. The first-order chi connectivity index (χ1) is 8.67. The van der Waals surface area contributed by atoms with E-state index in [2.05, 4.69) is 20.6 Å². The van der Waals surface area contributed by atoms with E-state index in [-0.39, 0.29) is 5.91 Å². The summed E-state index contributed by atoms with van der Waals surface area (Å²) in [5.41, 5.74) is 0.764. The largest absolute Gasteiger partial charge is 0.481 e. The van der Waals surface area contributed by atoms with Crippen molar-refractivity contribution in [3.8, 4) is 5.88 Å². The van der Waals surface area contributed by atoms with E-state index >= 15 is 0 Å². The molecule has 18 heavy (non-hydrogen) atoms. The van der Waals surface area contributed by atoms with E-state index in [1.165, 1.54) is 7.11 Å². The molecule has 0 bridgehead atoms. The Bertz CT molecular complexity index is 430. The van der Waals surface area contributed by atoms with Crippen molar-refractivity contribution in [3.63, 3.8) is 0 Å². The number of methoxy groups -OCH3 is 1. The van der Waals surface area contributed by atoms with Gasteiger partial charge in [0.05, 0.1) is 7.11 Å². The van der Waals surface area contributed by atoms with E-state index in [1.807, 2.05) is 6.92 Å². The summed E-state index contributed by atoms with van der Waals surface area (Å²) < 4.78 is 5.04. The van der Waals surface area contributed by atoms with E-state index in [0.717, 1.165) is 25.2 Å². The quantitative estimate of drug-likeness (QED) is 0.824. The maximum Gasteiger partial charge on any atom is 0.232 e. The van der Waals surface area contributed by atoms with Crippen molar-refractivity contribution < 1.29 is 9.53 Å². The Morgan fingerprint density at radius 2 is 2.44 bits per heavy atom. The molecule has 1 aliphatic heterocycles. The molecule has 0 spiro atoms. The fraction of sp³-hybridized carbons (Fsp3) is 0.583. The number of nitrogens with zero attached hydrogens (tertiary/aromatic N) is 2. The minimum Gasteiger partial charge on any atom is -0.481 e. The minimum absolute atomic E-state index is 0.0450. The Morgan fingerprint density at radius 1 is 1.61 bits per heavy atom. The molecular weight excluding hydrogens is 232 g/mol. The second-order valence-electron chi connectivity index (χ2n) is 4.49. The molecule has 6 heteroatoms. The van der Waals surface area contributed by atoms with Crippen molar-refractivity contribution >= 4 is 11.9 Å². The van der Waals surface area contributed by atoms with Crippen LogP contribution in [0.4, 0.5) is 5.95 Å². The lowest BCUT2D eigenvalue weighted by atomic mass is 10.1. The molecule has 1 aromatic rings. The predicted molar refractivity (Wildman–Crippen MR) is 67.5 cm³/mol. The van der Waals surface area contributed by atoms with Gasteiger partial charge in [-0.25, -0.2) is 4.98 Å². The Labute approximate surface area is 106 Å². The van der Waals surface area contributed by atoms with Crippen molar-refractivity contribution in [2.45, 2.75) is 19.8 Å². The Balaban J connectivity index is 1.95. The third-order valence-electron chi connectivity index (χ3n) is 2.93. The van der Waals surface area contributed by atoms with Crippen molar-refractivity contribution in [3.05, 3.63) is 11.8 Å². The number of hydrogen-bond acceptors (Lipinski definition) is 5. The van der Waals surface area contributed by atoms with Crippen molar-refractivity contribution in [1.82, 2.24) is 15.3 Å². The second kappa shape index (κ2) is 5.77. The van der Waals surface area contributed by atoms with Crippen molar-refractivity contribution in [1.29, 1.82) is 0 Å². The number of nitrogens with one attached hydrogen (secondary N) is 2. The molecule has 0 aromatic carbocycles. The third-order valence-corrected chi connectivity index (χ3v) is 2.93. The molecule has 1 aromatic heterocycles. The van der Waals surface area contributed by atoms with Gasteiger partial charge in [-0.1, -0.05) is 0 Å². The van der Waals surface area contributed by atoms with Gasteiger partial charge in [0.2, 0.25) is 17.7 Å². The van der Waals surface area contributed by atoms with E-state index in [4.69, 9.17) is 4.74 Å². The Hall–Kier alpha value is -1.69. The van der Waals surface area contributed by atoms with Crippen LogP contribution in [0.2, 0.25) is 0 Å². The lowest BCUT2D eigenvalue weighted by Crippen LogP contribution is -2.19. The van der Waals surface area contributed by atoms with Gasteiger partial charge in [0.25, 0.3) is 0 Å². The topological polar surface area (TPSA) is 76.1 Å². The summed E-state index contributed by atoms with van der Waals surface area (Å²) in [5, 5.41) is 5.95. The smallest absolute Gasteiger partial charge is 0.232 e. The standard InChI is InChI=1S/C12H18N4O2/c1-8-5-11(18-2)16-12(14-8)15-10(17)6-9-3-4-13-7-9/h5,9,13H,3-4,6-7H2,1-2H3,(H,14,15,16,17). The van der Waals surface area contributed by atoms with Crippen LogP contribution >= 0.6 is 0 Å². The van der Waals surface area contributed by atoms with E-state index < -0.39 is 0 Å². The average molecular weight is 250 g/mol. The van der Waals surface area contributed by atoms with Gasteiger partial charge in [-0.15, -0.1) is 0 Å².